The van der Waals surface area contributed by atoms with Crippen molar-refractivity contribution in [1.29, 1.82) is 0 Å². The molecule has 0 heterocycles. The van der Waals surface area contributed by atoms with Crippen molar-refractivity contribution in [3.8, 4) is 5.75 Å². The normalized spacial score (nSPS) is 17.6. The Morgan fingerprint density at radius 3 is 2.62 bits per heavy atom. The molecule has 1 aliphatic rings. The monoisotopic (exact) mass is 227 g/mol. The summed E-state index contributed by atoms with van der Waals surface area (Å²) in [5.41, 5.74) is 6.60. The molecule has 0 bridgehead atoms. The van der Waals surface area contributed by atoms with Crippen LogP contribution in [0.4, 0.5) is 8.78 Å². The first-order valence-electron chi connectivity index (χ1n) is 5.28. The van der Waals surface area contributed by atoms with E-state index in [0.717, 1.165) is 18.4 Å². The van der Waals surface area contributed by atoms with E-state index in [2.05, 4.69) is 0 Å². The van der Waals surface area contributed by atoms with Crippen molar-refractivity contribution in [2.45, 2.75) is 31.2 Å². The summed E-state index contributed by atoms with van der Waals surface area (Å²) >= 11 is 0. The molecule has 1 aromatic carbocycles. The van der Waals surface area contributed by atoms with Gasteiger partial charge in [0.1, 0.15) is 5.75 Å². The number of nitrogens with two attached hydrogens (primary N) is 1. The Hall–Kier alpha value is -1.16. The summed E-state index contributed by atoms with van der Waals surface area (Å²) in [6.07, 6.45) is 0.103. The number of alkyl halides is 2. The van der Waals surface area contributed by atoms with Crippen molar-refractivity contribution >= 4 is 0 Å². The van der Waals surface area contributed by atoms with Crippen LogP contribution in [-0.2, 0) is 6.42 Å². The van der Waals surface area contributed by atoms with E-state index >= 15 is 0 Å². The Morgan fingerprint density at radius 2 is 2.12 bits per heavy atom. The third-order valence-corrected chi connectivity index (χ3v) is 2.98. The lowest BCUT2D eigenvalue weighted by molar-refractivity contribution is 0.147. The van der Waals surface area contributed by atoms with Gasteiger partial charge in [-0.15, -0.1) is 0 Å². The molecule has 0 radical (unpaired) electrons. The summed E-state index contributed by atoms with van der Waals surface area (Å²) < 4.78 is 30.4. The first kappa shape index (κ1) is 11.3. The first-order valence-corrected chi connectivity index (χ1v) is 5.28. The molecule has 0 aromatic heterocycles. The number of hydrogen-bond acceptors (Lipinski definition) is 2. The summed E-state index contributed by atoms with van der Waals surface area (Å²) in [5, 5.41) is 0. The van der Waals surface area contributed by atoms with Crippen LogP contribution in [0, 0.1) is 0 Å². The van der Waals surface area contributed by atoms with Gasteiger partial charge >= 0.3 is 0 Å². The van der Waals surface area contributed by atoms with E-state index < -0.39 is 6.43 Å². The van der Waals surface area contributed by atoms with Gasteiger partial charge in [0.15, 0.2) is 0 Å². The van der Waals surface area contributed by atoms with Gasteiger partial charge in [0.2, 0.25) is 0 Å². The van der Waals surface area contributed by atoms with Crippen molar-refractivity contribution in [2.24, 2.45) is 5.73 Å². The zero-order chi connectivity index (χ0) is 11.8. The van der Waals surface area contributed by atoms with E-state index in [4.69, 9.17) is 10.5 Å². The minimum atomic E-state index is -2.51. The highest BCUT2D eigenvalue weighted by Gasteiger charge is 2.38. The van der Waals surface area contributed by atoms with Crippen LogP contribution < -0.4 is 10.5 Å². The molecular formula is C12H15F2NO. The minimum absolute atomic E-state index is 0.0516. The largest absolute Gasteiger partial charge is 0.496 e. The molecule has 16 heavy (non-hydrogen) atoms. The predicted octanol–water partition coefficient (Wildman–Crippen LogP) is 2.67. The maximum absolute atomic E-state index is 12.7. The average molecular weight is 227 g/mol. The van der Waals surface area contributed by atoms with Crippen LogP contribution in [0.2, 0.25) is 0 Å². The molecule has 2 rings (SSSR count). The molecule has 1 aromatic rings. The fourth-order valence-corrected chi connectivity index (χ4v) is 1.81. The number of ether oxygens (including phenoxy) is 1. The summed E-state index contributed by atoms with van der Waals surface area (Å²) in [7, 11) is 1.40. The predicted molar refractivity (Wildman–Crippen MR) is 57.8 cm³/mol. The molecule has 2 N–H and O–H groups in total. The Kier molecular flexibility index (Phi) is 2.84. The average Bonchev–Trinajstić information content (AvgIpc) is 2.96. The lowest BCUT2D eigenvalue weighted by Crippen LogP contribution is -2.24. The lowest BCUT2D eigenvalue weighted by Gasteiger charge is -2.12. The molecule has 0 amide bonds. The summed E-state index contributed by atoms with van der Waals surface area (Å²) in [4.78, 5) is 0. The second-order valence-corrected chi connectivity index (χ2v) is 4.42. The number of halogens is 2. The number of rotatable bonds is 4. The van der Waals surface area contributed by atoms with Crippen LogP contribution in [0.25, 0.3) is 0 Å². The summed E-state index contributed by atoms with van der Waals surface area (Å²) in [5.74, 6) is 0.237. The Bertz CT molecular complexity index is 389. The molecule has 88 valence electrons. The molecule has 2 nitrogen and oxygen atoms in total. The molecule has 1 aliphatic carbocycles. The maximum atomic E-state index is 12.7. The second kappa shape index (κ2) is 4.01. The van der Waals surface area contributed by atoms with E-state index in [1.165, 1.54) is 13.2 Å². The fraction of sp³-hybridized carbons (Fsp3) is 0.500. The topological polar surface area (TPSA) is 35.2 Å². The van der Waals surface area contributed by atoms with Crippen LogP contribution in [0.3, 0.4) is 0 Å². The quantitative estimate of drug-likeness (QED) is 0.858. The number of hydrogen-bond donors (Lipinski definition) is 1. The van der Waals surface area contributed by atoms with Gasteiger partial charge in [0.05, 0.1) is 12.7 Å². The van der Waals surface area contributed by atoms with Gasteiger partial charge in [0.25, 0.3) is 6.43 Å². The molecule has 0 aliphatic heterocycles. The first-order chi connectivity index (χ1) is 7.54. The van der Waals surface area contributed by atoms with Crippen LogP contribution in [0.15, 0.2) is 18.2 Å². The Morgan fingerprint density at radius 1 is 1.44 bits per heavy atom. The maximum Gasteiger partial charge on any atom is 0.267 e. The van der Waals surface area contributed by atoms with Crippen molar-refractivity contribution in [3.63, 3.8) is 0 Å². The second-order valence-electron chi connectivity index (χ2n) is 4.42. The fourth-order valence-electron chi connectivity index (χ4n) is 1.81. The molecule has 0 unspecified atom stereocenters. The minimum Gasteiger partial charge on any atom is -0.496 e. The van der Waals surface area contributed by atoms with Crippen molar-refractivity contribution in [2.75, 3.05) is 7.11 Å². The van der Waals surface area contributed by atoms with E-state index in [1.54, 1.807) is 12.1 Å². The van der Waals surface area contributed by atoms with Crippen LogP contribution in [0.1, 0.15) is 30.4 Å². The third kappa shape index (κ3) is 2.32. The third-order valence-electron chi connectivity index (χ3n) is 2.98. The van der Waals surface area contributed by atoms with Crippen LogP contribution in [0.5, 0.6) is 5.75 Å². The van der Waals surface area contributed by atoms with E-state index in [9.17, 15) is 8.78 Å². The molecule has 0 spiro atoms. The molecular weight excluding hydrogens is 212 g/mol. The highest BCUT2D eigenvalue weighted by Crippen LogP contribution is 2.37. The highest BCUT2D eigenvalue weighted by molar-refractivity contribution is 5.39. The molecule has 0 atom stereocenters. The van der Waals surface area contributed by atoms with Gasteiger partial charge < -0.3 is 10.5 Å². The summed E-state index contributed by atoms with van der Waals surface area (Å²) in [6.45, 7) is 0. The molecule has 0 saturated heterocycles. The molecule has 1 saturated carbocycles. The van der Waals surface area contributed by atoms with Crippen LogP contribution >= 0.6 is 0 Å². The van der Waals surface area contributed by atoms with E-state index in [1.807, 2.05) is 0 Å². The van der Waals surface area contributed by atoms with Gasteiger partial charge in [-0.1, -0.05) is 6.07 Å². The zero-order valence-corrected chi connectivity index (χ0v) is 9.17. The highest BCUT2D eigenvalue weighted by atomic mass is 19.3. The van der Waals surface area contributed by atoms with Gasteiger partial charge in [-0.05, 0) is 37.0 Å². The van der Waals surface area contributed by atoms with Crippen molar-refractivity contribution < 1.29 is 13.5 Å². The standard InChI is InChI=1S/C12H15F2NO/c1-16-10-3-2-8(6-9(10)11(13)14)7-12(15)4-5-12/h2-3,6,11H,4-5,7,15H2,1H3. The van der Waals surface area contributed by atoms with Crippen LogP contribution in [-0.4, -0.2) is 12.6 Å². The van der Waals surface area contributed by atoms with Gasteiger partial charge in [-0.25, -0.2) is 8.78 Å². The Labute approximate surface area is 93.4 Å². The van der Waals surface area contributed by atoms with Gasteiger partial charge in [-0.3, -0.25) is 0 Å². The Balaban J connectivity index is 2.24. The molecule has 4 heteroatoms. The van der Waals surface area contributed by atoms with Crippen molar-refractivity contribution in [1.82, 2.24) is 0 Å². The van der Waals surface area contributed by atoms with Gasteiger partial charge in [-0.2, -0.15) is 0 Å². The summed E-state index contributed by atoms with van der Waals surface area (Å²) in [6, 6.07) is 4.89. The number of methoxy groups -OCH3 is 1. The van der Waals surface area contributed by atoms with E-state index in [0.29, 0.717) is 6.42 Å². The van der Waals surface area contributed by atoms with E-state index in [-0.39, 0.29) is 16.9 Å². The number of benzene rings is 1. The smallest absolute Gasteiger partial charge is 0.267 e. The lowest BCUT2D eigenvalue weighted by atomic mass is 10.0. The molecule has 1 fully saturated rings. The van der Waals surface area contributed by atoms with Crippen molar-refractivity contribution in [3.05, 3.63) is 29.3 Å². The van der Waals surface area contributed by atoms with Gasteiger partial charge in [0, 0.05) is 5.54 Å². The SMILES string of the molecule is COc1ccc(CC2(N)CC2)cc1C(F)F. The zero-order valence-electron chi connectivity index (χ0n) is 9.17.